The number of hydrogen-bond acceptors (Lipinski definition) is 9. The number of urea groups is 2. The molecule has 34 heavy (non-hydrogen) atoms. The van der Waals surface area contributed by atoms with Gasteiger partial charge in [-0.25, -0.2) is 14.4 Å². The maximum absolute atomic E-state index is 11.8. The van der Waals surface area contributed by atoms with Gasteiger partial charge in [0.2, 0.25) is 0 Å². The normalized spacial score (nSPS) is 31.1. The highest BCUT2D eigenvalue weighted by molar-refractivity contribution is 8.00. The Morgan fingerprint density at radius 2 is 1.15 bits per heavy atom. The van der Waals surface area contributed by atoms with E-state index >= 15 is 0 Å². The minimum Gasteiger partial charge on any atom is -0.360 e. The number of carbonyl (C=O) groups is 5. The predicted octanol–water partition coefficient (Wildman–Crippen LogP) is 1.64. The van der Waals surface area contributed by atoms with Gasteiger partial charge in [0.05, 0.1) is 24.2 Å². The summed E-state index contributed by atoms with van der Waals surface area (Å²) < 4.78 is 9.16. The first-order valence-electron chi connectivity index (χ1n) is 11.7. The number of fused-ring (bicyclic) bond motifs is 2. The van der Waals surface area contributed by atoms with Crippen molar-refractivity contribution in [2.75, 3.05) is 11.5 Å². The molecule has 0 aromatic carbocycles. The summed E-state index contributed by atoms with van der Waals surface area (Å²) in [6.45, 7) is 0. The monoisotopic (exact) mass is 514 g/mol. The van der Waals surface area contributed by atoms with Gasteiger partial charge in [0.15, 0.2) is 0 Å². The van der Waals surface area contributed by atoms with E-state index in [2.05, 4.69) is 30.7 Å². The highest BCUT2D eigenvalue weighted by atomic mass is 32.2. The van der Waals surface area contributed by atoms with Gasteiger partial charge in [-0.2, -0.15) is 23.5 Å². The summed E-state index contributed by atoms with van der Waals surface area (Å²) in [5.41, 5.74) is 0. The van der Waals surface area contributed by atoms with Crippen molar-refractivity contribution in [3.63, 3.8) is 0 Å². The fourth-order valence-corrected chi connectivity index (χ4v) is 7.91. The number of carbonyl (C=O) groups excluding carboxylic acids is 5. The van der Waals surface area contributed by atoms with Crippen LogP contribution in [0.25, 0.3) is 0 Å². The Bertz CT molecular complexity index is 765. The average Bonchev–Trinajstić information content (AvgIpc) is 3.51. The molecule has 0 spiro atoms. The van der Waals surface area contributed by atoms with E-state index in [-0.39, 0.29) is 49.1 Å². The van der Waals surface area contributed by atoms with Crippen molar-refractivity contribution in [2.45, 2.75) is 86.0 Å². The summed E-state index contributed by atoms with van der Waals surface area (Å²) in [5, 5.41) is 12.3. The second kappa shape index (κ2) is 11.5. The number of amides is 4. The third-order valence-corrected chi connectivity index (χ3v) is 9.53. The maximum Gasteiger partial charge on any atom is 0.524 e. The second-order valence-corrected chi connectivity index (χ2v) is 11.5. The van der Waals surface area contributed by atoms with E-state index < -0.39 is 18.1 Å². The standard InChI is InChI=1S/C21H30N4O7S2/c26-15(7-3-1-5-13-17-11(9-33-13)22-19(28)24-17)31-21(30)32-16(27)8-4-2-6-14-18-12(10-34-14)23-20(29)25-18/h11-14,17-18H,1-10H2,(H2,22,24,28)(H2,23,25,29)/t11-,12-,13-,14-,17-,18-/m0/s1. The lowest BCUT2D eigenvalue weighted by molar-refractivity contribution is -0.146. The van der Waals surface area contributed by atoms with Gasteiger partial charge in [0.25, 0.3) is 0 Å². The van der Waals surface area contributed by atoms with Crippen LogP contribution in [-0.2, 0) is 19.1 Å². The zero-order chi connectivity index (χ0) is 24.1. The molecule has 4 N–H and O–H groups in total. The van der Waals surface area contributed by atoms with Gasteiger partial charge in [-0.05, 0) is 25.7 Å². The Morgan fingerprint density at radius 3 is 1.59 bits per heavy atom. The van der Waals surface area contributed by atoms with Gasteiger partial charge in [0, 0.05) is 34.8 Å². The van der Waals surface area contributed by atoms with Crippen molar-refractivity contribution < 1.29 is 33.4 Å². The minimum atomic E-state index is -1.28. The zero-order valence-corrected chi connectivity index (χ0v) is 20.3. The van der Waals surface area contributed by atoms with Crippen LogP contribution in [0.4, 0.5) is 14.4 Å². The molecule has 13 heteroatoms. The van der Waals surface area contributed by atoms with Gasteiger partial charge in [-0.15, -0.1) is 0 Å². The van der Waals surface area contributed by atoms with Crippen molar-refractivity contribution in [2.24, 2.45) is 0 Å². The molecule has 0 unspecified atom stereocenters. The smallest absolute Gasteiger partial charge is 0.360 e. The highest BCUT2D eigenvalue weighted by Gasteiger charge is 2.43. The van der Waals surface area contributed by atoms with Crippen LogP contribution in [-0.4, -0.2) is 76.3 Å². The van der Waals surface area contributed by atoms with Crippen LogP contribution in [0.2, 0.25) is 0 Å². The number of hydrogen-bond donors (Lipinski definition) is 4. The number of nitrogens with one attached hydrogen (secondary N) is 4. The molecular weight excluding hydrogens is 484 g/mol. The van der Waals surface area contributed by atoms with Crippen LogP contribution >= 0.6 is 23.5 Å². The first-order chi connectivity index (χ1) is 16.4. The molecule has 0 saturated carbocycles. The average molecular weight is 515 g/mol. The number of rotatable bonds is 10. The first kappa shape index (κ1) is 25.0. The minimum absolute atomic E-state index is 0.0615. The van der Waals surface area contributed by atoms with Crippen LogP contribution in [0, 0.1) is 0 Å². The Hall–Kier alpha value is -2.15. The molecule has 0 radical (unpaired) electrons. The lowest BCUT2D eigenvalue weighted by Gasteiger charge is -2.16. The van der Waals surface area contributed by atoms with Crippen molar-refractivity contribution in [3.8, 4) is 0 Å². The Morgan fingerprint density at radius 1 is 0.706 bits per heavy atom. The van der Waals surface area contributed by atoms with E-state index in [0.717, 1.165) is 37.2 Å². The van der Waals surface area contributed by atoms with Crippen LogP contribution in [0.5, 0.6) is 0 Å². The van der Waals surface area contributed by atoms with Crippen molar-refractivity contribution in [1.29, 1.82) is 0 Å². The lowest BCUT2D eigenvalue weighted by Crippen LogP contribution is -2.36. The largest absolute Gasteiger partial charge is 0.524 e. The van der Waals surface area contributed by atoms with E-state index in [1.165, 1.54) is 0 Å². The predicted molar refractivity (Wildman–Crippen MR) is 125 cm³/mol. The summed E-state index contributed by atoms with van der Waals surface area (Å²) >= 11 is 3.61. The number of unbranched alkanes of at least 4 members (excludes halogenated alkanes) is 2. The quantitative estimate of drug-likeness (QED) is 0.148. The summed E-state index contributed by atoms with van der Waals surface area (Å²) in [6.07, 6.45) is 3.18. The molecule has 4 amide bonds. The molecule has 4 saturated heterocycles. The number of ether oxygens (including phenoxy) is 2. The van der Waals surface area contributed by atoms with E-state index in [0.29, 0.717) is 23.3 Å². The van der Waals surface area contributed by atoms with E-state index in [9.17, 15) is 24.0 Å². The van der Waals surface area contributed by atoms with Gasteiger partial charge >= 0.3 is 30.2 Å². The highest BCUT2D eigenvalue weighted by Crippen LogP contribution is 2.34. The summed E-state index contributed by atoms with van der Waals surface area (Å²) in [5.74, 6) is 0.328. The van der Waals surface area contributed by atoms with Crippen LogP contribution < -0.4 is 21.3 Å². The van der Waals surface area contributed by atoms with Gasteiger partial charge < -0.3 is 30.7 Å². The fourth-order valence-electron chi connectivity index (χ4n) is 4.82. The maximum atomic E-state index is 11.8. The molecule has 188 valence electrons. The van der Waals surface area contributed by atoms with Crippen LogP contribution in [0.3, 0.4) is 0 Å². The molecule has 4 aliphatic rings. The number of thioether (sulfide) groups is 2. The van der Waals surface area contributed by atoms with Crippen molar-refractivity contribution in [3.05, 3.63) is 0 Å². The molecule has 6 atom stereocenters. The molecule has 4 rings (SSSR count). The summed E-state index contributed by atoms with van der Waals surface area (Å²) in [7, 11) is 0. The van der Waals surface area contributed by atoms with E-state index in [4.69, 9.17) is 0 Å². The SMILES string of the molecule is O=C1N[C@H]2[C@H](CS[C@H]2CCCCC(=O)OC(=O)OC(=O)CCCC[C@@H]2SC[C@@H]3NC(=O)N[C@@H]32)N1. The van der Waals surface area contributed by atoms with Crippen LogP contribution in [0.1, 0.15) is 51.4 Å². The summed E-state index contributed by atoms with van der Waals surface area (Å²) in [4.78, 5) is 58.1. The first-order valence-corrected chi connectivity index (χ1v) is 13.8. The topological polar surface area (TPSA) is 152 Å². The Kier molecular flexibility index (Phi) is 8.46. The molecule has 0 aliphatic carbocycles. The summed E-state index contributed by atoms with van der Waals surface area (Å²) in [6, 6.07) is 0.334. The molecule has 0 bridgehead atoms. The molecule has 11 nitrogen and oxygen atoms in total. The lowest BCUT2D eigenvalue weighted by atomic mass is 10.0. The van der Waals surface area contributed by atoms with Crippen molar-refractivity contribution in [1.82, 2.24) is 21.3 Å². The third-order valence-electron chi connectivity index (χ3n) is 6.51. The van der Waals surface area contributed by atoms with Crippen molar-refractivity contribution >= 4 is 53.7 Å². The zero-order valence-electron chi connectivity index (χ0n) is 18.7. The molecule has 0 aromatic heterocycles. The second-order valence-electron chi connectivity index (χ2n) is 8.93. The van der Waals surface area contributed by atoms with Crippen LogP contribution in [0.15, 0.2) is 0 Å². The Labute approximate surface area is 205 Å². The molecule has 4 fully saturated rings. The Balaban J connectivity index is 1.02. The van der Waals surface area contributed by atoms with Gasteiger partial charge in [0.1, 0.15) is 0 Å². The van der Waals surface area contributed by atoms with Gasteiger partial charge in [-0.3, -0.25) is 9.59 Å². The third kappa shape index (κ3) is 6.49. The van der Waals surface area contributed by atoms with E-state index in [1.807, 2.05) is 0 Å². The molecule has 0 aromatic rings. The van der Waals surface area contributed by atoms with E-state index in [1.54, 1.807) is 23.5 Å². The number of esters is 2. The van der Waals surface area contributed by atoms with Gasteiger partial charge in [-0.1, -0.05) is 12.8 Å². The molecule has 4 heterocycles. The molecule has 4 aliphatic heterocycles. The fraction of sp³-hybridized carbons (Fsp3) is 0.762. The molecular formula is C21H30N4O7S2.